The van der Waals surface area contributed by atoms with E-state index in [0.29, 0.717) is 10.6 Å². The first kappa shape index (κ1) is 10.5. The van der Waals surface area contributed by atoms with E-state index in [4.69, 9.17) is 22.7 Å². The topological polar surface area (TPSA) is 49.9 Å². The summed E-state index contributed by atoms with van der Waals surface area (Å²) in [6.45, 7) is 0. The minimum absolute atomic E-state index is 0.0657. The van der Waals surface area contributed by atoms with Gasteiger partial charge in [-0.3, -0.25) is 5.41 Å². The van der Waals surface area contributed by atoms with Gasteiger partial charge in [-0.05, 0) is 44.9 Å². The fourth-order valence-electron chi connectivity index (χ4n) is 1.41. The van der Waals surface area contributed by atoms with Crippen molar-refractivity contribution in [1.82, 2.24) is 0 Å². The maximum atomic E-state index is 7.34. The average Bonchev–Trinajstić information content (AvgIpc) is 2.19. The highest BCUT2D eigenvalue weighted by Gasteiger charge is 2.02. The Bertz CT molecular complexity index is 552. The van der Waals surface area contributed by atoms with Crippen LogP contribution in [0, 0.1) is 5.41 Å². The van der Waals surface area contributed by atoms with E-state index in [9.17, 15) is 0 Å². The monoisotopic (exact) mass is 282 g/mol. The standard InChI is InChI=1S/C11H8BrClN2/c12-9-4-6-1-2-7(11(14)15)3-8(6)5-10(9)13/h1-5H,(H3,14,15). The van der Waals surface area contributed by atoms with Gasteiger partial charge in [0.05, 0.1) is 5.02 Å². The molecule has 76 valence electrons. The molecule has 0 fully saturated rings. The number of rotatable bonds is 1. The number of nitrogen functional groups attached to an aromatic ring is 1. The Labute approximate surface area is 101 Å². The zero-order valence-corrected chi connectivity index (χ0v) is 10.1. The van der Waals surface area contributed by atoms with Crippen molar-refractivity contribution in [1.29, 1.82) is 5.41 Å². The van der Waals surface area contributed by atoms with Crippen LogP contribution in [0.25, 0.3) is 10.8 Å². The van der Waals surface area contributed by atoms with Gasteiger partial charge in [-0.25, -0.2) is 0 Å². The van der Waals surface area contributed by atoms with Crippen LogP contribution in [0.5, 0.6) is 0 Å². The van der Waals surface area contributed by atoms with E-state index in [1.54, 1.807) is 0 Å². The molecule has 0 spiro atoms. The summed E-state index contributed by atoms with van der Waals surface area (Å²) in [6.07, 6.45) is 0. The molecule has 3 N–H and O–H groups in total. The minimum atomic E-state index is 0.0657. The molecule has 0 bridgehead atoms. The summed E-state index contributed by atoms with van der Waals surface area (Å²) in [5.41, 5.74) is 6.12. The molecule has 4 heteroatoms. The van der Waals surface area contributed by atoms with E-state index >= 15 is 0 Å². The van der Waals surface area contributed by atoms with Crippen molar-refractivity contribution in [3.05, 3.63) is 45.4 Å². The normalized spacial score (nSPS) is 10.5. The molecule has 0 aliphatic carbocycles. The molecular weight excluding hydrogens is 275 g/mol. The van der Waals surface area contributed by atoms with Crippen LogP contribution >= 0.6 is 27.5 Å². The first-order chi connectivity index (χ1) is 7.08. The second-order valence-electron chi connectivity index (χ2n) is 3.24. The van der Waals surface area contributed by atoms with Crippen molar-refractivity contribution in [3.63, 3.8) is 0 Å². The number of nitrogens with two attached hydrogens (primary N) is 1. The smallest absolute Gasteiger partial charge is 0.122 e. The lowest BCUT2D eigenvalue weighted by Crippen LogP contribution is -2.10. The number of halogens is 2. The van der Waals surface area contributed by atoms with Crippen LogP contribution in [0.2, 0.25) is 5.02 Å². The van der Waals surface area contributed by atoms with Crippen LogP contribution in [0.1, 0.15) is 5.56 Å². The van der Waals surface area contributed by atoms with Crippen molar-refractivity contribution < 1.29 is 0 Å². The van der Waals surface area contributed by atoms with Gasteiger partial charge in [-0.15, -0.1) is 0 Å². The molecule has 2 aromatic carbocycles. The van der Waals surface area contributed by atoms with Gasteiger partial charge < -0.3 is 5.73 Å². The number of hydrogen-bond acceptors (Lipinski definition) is 1. The van der Waals surface area contributed by atoms with E-state index in [1.807, 2.05) is 30.3 Å². The van der Waals surface area contributed by atoms with Crippen LogP contribution in [0.4, 0.5) is 0 Å². The van der Waals surface area contributed by atoms with Gasteiger partial charge in [0.1, 0.15) is 5.84 Å². The fourth-order valence-corrected chi connectivity index (χ4v) is 1.94. The molecule has 15 heavy (non-hydrogen) atoms. The fraction of sp³-hybridized carbons (Fsp3) is 0. The van der Waals surface area contributed by atoms with Gasteiger partial charge in [-0.1, -0.05) is 23.7 Å². The van der Waals surface area contributed by atoms with Gasteiger partial charge >= 0.3 is 0 Å². The third-order valence-electron chi connectivity index (χ3n) is 2.19. The molecule has 2 aromatic rings. The van der Waals surface area contributed by atoms with Gasteiger partial charge in [0.15, 0.2) is 0 Å². The van der Waals surface area contributed by atoms with Gasteiger partial charge in [0, 0.05) is 10.0 Å². The van der Waals surface area contributed by atoms with Crippen LogP contribution in [-0.2, 0) is 0 Å². The number of benzene rings is 2. The number of hydrogen-bond donors (Lipinski definition) is 2. The molecule has 0 atom stereocenters. The number of fused-ring (bicyclic) bond motifs is 1. The summed E-state index contributed by atoms with van der Waals surface area (Å²) in [4.78, 5) is 0. The Morgan fingerprint density at radius 2 is 1.93 bits per heavy atom. The molecule has 0 aromatic heterocycles. The third-order valence-corrected chi connectivity index (χ3v) is 3.39. The first-order valence-corrected chi connectivity index (χ1v) is 5.48. The summed E-state index contributed by atoms with van der Waals surface area (Å²) >= 11 is 9.35. The largest absolute Gasteiger partial charge is 0.384 e. The van der Waals surface area contributed by atoms with Crippen molar-refractivity contribution in [2.24, 2.45) is 5.73 Å². The molecule has 0 radical (unpaired) electrons. The maximum Gasteiger partial charge on any atom is 0.122 e. The molecule has 0 heterocycles. The lowest BCUT2D eigenvalue weighted by atomic mass is 10.1. The highest BCUT2D eigenvalue weighted by atomic mass is 79.9. The van der Waals surface area contributed by atoms with Crippen molar-refractivity contribution in [2.45, 2.75) is 0 Å². The number of nitrogens with one attached hydrogen (secondary N) is 1. The Balaban J connectivity index is 2.72. The molecule has 0 aliphatic heterocycles. The third kappa shape index (κ3) is 1.98. The van der Waals surface area contributed by atoms with E-state index in [2.05, 4.69) is 15.9 Å². The molecule has 0 amide bonds. The van der Waals surface area contributed by atoms with Crippen LogP contribution < -0.4 is 5.73 Å². The molecule has 2 rings (SSSR count). The Morgan fingerprint density at radius 3 is 2.60 bits per heavy atom. The van der Waals surface area contributed by atoms with Crippen molar-refractivity contribution in [3.8, 4) is 0 Å². The summed E-state index contributed by atoms with van der Waals surface area (Å²) in [5.74, 6) is 0.0657. The summed E-state index contributed by atoms with van der Waals surface area (Å²) in [7, 11) is 0. The molecular formula is C11H8BrClN2. The molecule has 0 saturated heterocycles. The minimum Gasteiger partial charge on any atom is -0.384 e. The average molecular weight is 284 g/mol. The predicted octanol–water partition coefficient (Wildman–Crippen LogP) is 3.54. The first-order valence-electron chi connectivity index (χ1n) is 4.31. The van der Waals surface area contributed by atoms with E-state index < -0.39 is 0 Å². The molecule has 0 saturated carbocycles. The summed E-state index contributed by atoms with van der Waals surface area (Å²) in [6, 6.07) is 9.41. The zero-order valence-electron chi connectivity index (χ0n) is 7.72. The quantitative estimate of drug-likeness (QED) is 0.610. The number of amidine groups is 1. The second kappa shape index (κ2) is 3.83. The lowest BCUT2D eigenvalue weighted by molar-refractivity contribution is 1.43. The lowest BCUT2D eigenvalue weighted by Gasteiger charge is -2.04. The van der Waals surface area contributed by atoms with Crippen molar-refractivity contribution in [2.75, 3.05) is 0 Å². The van der Waals surface area contributed by atoms with Crippen LogP contribution in [-0.4, -0.2) is 5.84 Å². The molecule has 0 unspecified atom stereocenters. The Hall–Kier alpha value is -1.06. The molecule has 0 aliphatic rings. The summed E-state index contributed by atoms with van der Waals surface area (Å²) < 4.78 is 0.868. The van der Waals surface area contributed by atoms with Crippen molar-refractivity contribution >= 4 is 44.1 Å². The van der Waals surface area contributed by atoms with Gasteiger partial charge in [0.25, 0.3) is 0 Å². The van der Waals surface area contributed by atoms with E-state index in [1.165, 1.54) is 0 Å². The van der Waals surface area contributed by atoms with Crippen LogP contribution in [0.15, 0.2) is 34.8 Å². The SMILES string of the molecule is N=C(N)c1ccc2cc(Br)c(Cl)cc2c1. The second-order valence-corrected chi connectivity index (χ2v) is 4.50. The predicted molar refractivity (Wildman–Crippen MR) is 67.7 cm³/mol. The van der Waals surface area contributed by atoms with Crippen LogP contribution in [0.3, 0.4) is 0 Å². The van der Waals surface area contributed by atoms with Gasteiger partial charge in [-0.2, -0.15) is 0 Å². The maximum absolute atomic E-state index is 7.34. The molecule has 2 nitrogen and oxygen atoms in total. The van der Waals surface area contributed by atoms with E-state index in [-0.39, 0.29) is 5.84 Å². The summed E-state index contributed by atoms with van der Waals surface area (Å²) in [5, 5.41) is 10.0. The highest BCUT2D eigenvalue weighted by Crippen LogP contribution is 2.28. The Morgan fingerprint density at radius 1 is 1.20 bits per heavy atom. The van der Waals surface area contributed by atoms with E-state index in [0.717, 1.165) is 15.2 Å². The highest BCUT2D eigenvalue weighted by molar-refractivity contribution is 9.10. The van der Waals surface area contributed by atoms with Gasteiger partial charge in [0.2, 0.25) is 0 Å². The zero-order chi connectivity index (χ0) is 11.0. The Kier molecular flexibility index (Phi) is 2.67.